The first-order chi connectivity index (χ1) is 8.66. The van der Waals surface area contributed by atoms with E-state index in [9.17, 15) is 4.79 Å². The maximum Gasteiger partial charge on any atom is 0.227 e. The second-order valence-electron chi connectivity index (χ2n) is 5.23. The molecule has 1 aromatic rings. The molecule has 1 saturated heterocycles. The number of halogens is 1. The Hall–Kier alpha value is -1.06. The lowest BCUT2D eigenvalue weighted by molar-refractivity contribution is -0.135. The second-order valence-corrected chi connectivity index (χ2v) is 5.23. The molecule has 1 N–H and O–H groups in total. The number of nitrogens with zero attached hydrogens (tertiary/aromatic N) is 1. The molecule has 3 nitrogen and oxygen atoms in total. The van der Waals surface area contributed by atoms with Gasteiger partial charge in [-0.15, -0.1) is 12.4 Å². The predicted molar refractivity (Wildman–Crippen MR) is 80.5 cm³/mol. The van der Waals surface area contributed by atoms with Crippen LogP contribution < -0.4 is 5.32 Å². The lowest BCUT2D eigenvalue weighted by Crippen LogP contribution is -2.41. The number of carbonyl (C=O) groups excluding carboxylic acids is 1. The molecule has 1 unspecified atom stereocenters. The van der Waals surface area contributed by atoms with Crippen LogP contribution in [0.1, 0.15) is 24.0 Å². The van der Waals surface area contributed by atoms with Crippen LogP contribution in [-0.2, 0) is 11.3 Å². The standard InChI is InChI=1S/C15H22N2O.ClH/c1-12-5-3-6-13(9-12)11-17(2)15(18)14-7-4-8-16-10-14;/h3,5-6,9,14,16H,4,7-8,10-11H2,1-2H3;1H. The molecule has 4 heteroatoms. The van der Waals surface area contributed by atoms with Gasteiger partial charge in [0.15, 0.2) is 0 Å². The Morgan fingerprint density at radius 1 is 1.47 bits per heavy atom. The van der Waals surface area contributed by atoms with Gasteiger partial charge < -0.3 is 10.2 Å². The first-order valence-corrected chi connectivity index (χ1v) is 6.68. The Morgan fingerprint density at radius 3 is 2.89 bits per heavy atom. The van der Waals surface area contributed by atoms with E-state index in [0.29, 0.717) is 6.54 Å². The van der Waals surface area contributed by atoms with Crippen LogP contribution in [0.15, 0.2) is 24.3 Å². The SMILES string of the molecule is Cc1cccc(CN(C)C(=O)C2CCCNC2)c1.Cl. The van der Waals surface area contributed by atoms with Gasteiger partial charge in [0, 0.05) is 20.1 Å². The molecule has 0 aliphatic carbocycles. The Bertz CT molecular complexity index is 416. The van der Waals surface area contributed by atoms with Gasteiger partial charge in [0.25, 0.3) is 0 Å². The van der Waals surface area contributed by atoms with E-state index in [1.54, 1.807) is 0 Å². The number of amides is 1. The third kappa shape index (κ3) is 4.51. The van der Waals surface area contributed by atoms with Crippen LogP contribution in [0.2, 0.25) is 0 Å². The lowest BCUT2D eigenvalue weighted by atomic mass is 9.98. The van der Waals surface area contributed by atoms with Crippen molar-refractivity contribution >= 4 is 18.3 Å². The normalized spacial score (nSPS) is 18.5. The number of hydrogen-bond acceptors (Lipinski definition) is 2. The molecule has 0 aromatic heterocycles. The molecule has 1 aliphatic rings. The van der Waals surface area contributed by atoms with Crippen molar-refractivity contribution < 1.29 is 4.79 Å². The summed E-state index contributed by atoms with van der Waals surface area (Å²) in [4.78, 5) is 14.1. The highest BCUT2D eigenvalue weighted by Gasteiger charge is 2.23. The van der Waals surface area contributed by atoms with Gasteiger partial charge >= 0.3 is 0 Å². The number of hydrogen-bond donors (Lipinski definition) is 1. The van der Waals surface area contributed by atoms with E-state index in [1.807, 2.05) is 18.0 Å². The summed E-state index contributed by atoms with van der Waals surface area (Å²) in [6.07, 6.45) is 2.12. The zero-order valence-electron chi connectivity index (χ0n) is 11.7. The van der Waals surface area contributed by atoms with Crippen LogP contribution in [0.3, 0.4) is 0 Å². The number of benzene rings is 1. The molecule has 0 saturated carbocycles. The Morgan fingerprint density at radius 2 is 2.26 bits per heavy atom. The van der Waals surface area contributed by atoms with E-state index in [1.165, 1.54) is 11.1 Å². The third-order valence-electron chi connectivity index (χ3n) is 3.52. The van der Waals surface area contributed by atoms with Crippen molar-refractivity contribution in [2.45, 2.75) is 26.3 Å². The van der Waals surface area contributed by atoms with Crippen LogP contribution in [0.5, 0.6) is 0 Å². The number of rotatable bonds is 3. The largest absolute Gasteiger partial charge is 0.341 e. The van der Waals surface area contributed by atoms with Gasteiger partial charge in [0.1, 0.15) is 0 Å². The van der Waals surface area contributed by atoms with Crippen LogP contribution in [0.4, 0.5) is 0 Å². The zero-order valence-corrected chi connectivity index (χ0v) is 12.5. The summed E-state index contributed by atoms with van der Waals surface area (Å²) in [7, 11) is 1.90. The van der Waals surface area contributed by atoms with Gasteiger partial charge in [-0.25, -0.2) is 0 Å². The van der Waals surface area contributed by atoms with Gasteiger partial charge in [-0.1, -0.05) is 29.8 Å². The van der Waals surface area contributed by atoms with Gasteiger partial charge in [-0.3, -0.25) is 4.79 Å². The number of carbonyl (C=O) groups is 1. The minimum absolute atomic E-state index is 0. The van der Waals surface area contributed by atoms with Crippen LogP contribution in [0.25, 0.3) is 0 Å². The van der Waals surface area contributed by atoms with Crippen molar-refractivity contribution in [1.82, 2.24) is 10.2 Å². The molecule has 1 atom stereocenters. The summed E-state index contributed by atoms with van der Waals surface area (Å²) in [5, 5.41) is 3.30. The highest BCUT2D eigenvalue weighted by Crippen LogP contribution is 2.14. The molecule has 1 fully saturated rings. The fourth-order valence-electron chi connectivity index (χ4n) is 2.54. The van der Waals surface area contributed by atoms with Crippen molar-refractivity contribution in [2.75, 3.05) is 20.1 Å². The highest BCUT2D eigenvalue weighted by molar-refractivity contribution is 5.85. The molecule has 1 aliphatic heterocycles. The van der Waals surface area contributed by atoms with Crippen LogP contribution in [0, 0.1) is 12.8 Å². The molecule has 1 aromatic carbocycles. The predicted octanol–water partition coefficient (Wildman–Crippen LogP) is 2.37. The molecule has 1 heterocycles. The average molecular weight is 283 g/mol. The zero-order chi connectivity index (χ0) is 13.0. The number of nitrogens with one attached hydrogen (secondary N) is 1. The van der Waals surface area contributed by atoms with E-state index in [4.69, 9.17) is 0 Å². The van der Waals surface area contributed by atoms with Gasteiger partial charge in [0.2, 0.25) is 5.91 Å². The molecule has 0 bridgehead atoms. The quantitative estimate of drug-likeness (QED) is 0.923. The van der Waals surface area contributed by atoms with Crippen molar-refractivity contribution in [3.63, 3.8) is 0 Å². The lowest BCUT2D eigenvalue weighted by Gasteiger charge is -2.27. The summed E-state index contributed by atoms with van der Waals surface area (Å²) in [5.74, 6) is 0.428. The van der Waals surface area contributed by atoms with Gasteiger partial charge in [-0.2, -0.15) is 0 Å². The molecule has 106 valence electrons. The first-order valence-electron chi connectivity index (χ1n) is 6.68. The molecule has 0 spiro atoms. The Balaban J connectivity index is 0.00000180. The smallest absolute Gasteiger partial charge is 0.227 e. The summed E-state index contributed by atoms with van der Waals surface area (Å²) in [6.45, 7) is 4.66. The number of aryl methyl sites for hydroxylation is 1. The Kier molecular flexibility index (Phi) is 6.32. The maximum absolute atomic E-state index is 12.3. The Labute approximate surface area is 121 Å². The topological polar surface area (TPSA) is 32.3 Å². The maximum atomic E-state index is 12.3. The minimum Gasteiger partial charge on any atom is -0.341 e. The summed E-state index contributed by atoms with van der Waals surface area (Å²) in [6, 6.07) is 8.35. The van der Waals surface area contributed by atoms with Crippen molar-refractivity contribution in [1.29, 1.82) is 0 Å². The van der Waals surface area contributed by atoms with Crippen LogP contribution >= 0.6 is 12.4 Å². The average Bonchev–Trinajstić information content (AvgIpc) is 2.39. The first kappa shape index (κ1) is 16.0. The summed E-state index contributed by atoms with van der Waals surface area (Å²) >= 11 is 0. The fraction of sp³-hybridized carbons (Fsp3) is 0.533. The minimum atomic E-state index is 0. The summed E-state index contributed by atoms with van der Waals surface area (Å²) in [5.41, 5.74) is 2.45. The molecule has 1 amide bonds. The highest BCUT2D eigenvalue weighted by atomic mass is 35.5. The summed E-state index contributed by atoms with van der Waals surface area (Å²) < 4.78 is 0. The monoisotopic (exact) mass is 282 g/mol. The van der Waals surface area contributed by atoms with E-state index in [2.05, 4.69) is 30.4 Å². The molecule has 2 rings (SSSR count). The van der Waals surface area contributed by atoms with E-state index < -0.39 is 0 Å². The van der Waals surface area contributed by atoms with Crippen molar-refractivity contribution in [2.24, 2.45) is 5.92 Å². The molecular formula is C15H23ClN2O. The molecule has 19 heavy (non-hydrogen) atoms. The fourth-order valence-corrected chi connectivity index (χ4v) is 2.54. The third-order valence-corrected chi connectivity index (χ3v) is 3.52. The van der Waals surface area contributed by atoms with Crippen molar-refractivity contribution in [3.05, 3.63) is 35.4 Å². The van der Waals surface area contributed by atoms with Crippen molar-refractivity contribution in [3.8, 4) is 0 Å². The van der Waals surface area contributed by atoms with E-state index in [0.717, 1.165) is 25.9 Å². The molecule has 0 radical (unpaired) electrons. The van der Waals surface area contributed by atoms with E-state index >= 15 is 0 Å². The van der Waals surface area contributed by atoms with Gasteiger partial charge in [-0.05, 0) is 31.9 Å². The second kappa shape index (κ2) is 7.51. The molecular weight excluding hydrogens is 260 g/mol. The van der Waals surface area contributed by atoms with Crippen LogP contribution in [-0.4, -0.2) is 30.9 Å². The number of piperidine rings is 1. The van der Waals surface area contributed by atoms with Gasteiger partial charge in [0.05, 0.1) is 5.92 Å². The van der Waals surface area contributed by atoms with E-state index in [-0.39, 0.29) is 24.2 Å².